The second kappa shape index (κ2) is 4.83. The standard InChI is InChI=1S/C12H12FN3/c13-10-6-4-9(5-7-10)12(16-14)11-3-1-2-8-15-11/h1-8,12,16H,14H2. The lowest BCUT2D eigenvalue weighted by molar-refractivity contribution is 0.608. The van der Waals surface area contributed by atoms with E-state index in [0.717, 1.165) is 11.3 Å². The van der Waals surface area contributed by atoms with Crippen molar-refractivity contribution in [3.05, 3.63) is 65.7 Å². The second-order valence-corrected chi connectivity index (χ2v) is 3.41. The maximum absolute atomic E-state index is 12.8. The van der Waals surface area contributed by atoms with Crippen molar-refractivity contribution < 1.29 is 4.39 Å². The van der Waals surface area contributed by atoms with Gasteiger partial charge in [0.05, 0.1) is 11.7 Å². The number of benzene rings is 1. The van der Waals surface area contributed by atoms with E-state index in [2.05, 4.69) is 10.4 Å². The van der Waals surface area contributed by atoms with Gasteiger partial charge in [-0.1, -0.05) is 18.2 Å². The highest BCUT2D eigenvalue weighted by Gasteiger charge is 2.12. The van der Waals surface area contributed by atoms with Crippen LogP contribution in [0.3, 0.4) is 0 Å². The summed E-state index contributed by atoms with van der Waals surface area (Å²) in [5.41, 5.74) is 4.35. The first-order valence-corrected chi connectivity index (χ1v) is 4.94. The van der Waals surface area contributed by atoms with Gasteiger partial charge in [-0.15, -0.1) is 0 Å². The summed E-state index contributed by atoms with van der Waals surface area (Å²) in [7, 11) is 0. The van der Waals surface area contributed by atoms with Gasteiger partial charge in [-0.25, -0.2) is 9.82 Å². The summed E-state index contributed by atoms with van der Waals surface area (Å²) in [5.74, 6) is 5.23. The van der Waals surface area contributed by atoms with Crippen LogP contribution in [-0.4, -0.2) is 4.98 Å². The number of rotatable bonds is 3. The first-order chi connectivity index (χ1) is 7.81. The summed E-state index contributed by atoms with van der Waals surface area (Å²) < 4.78 is 12.8. The molecule has 1 aromatic carbocycles. The van der Waals surface area contributed by atoms with E-state index in [9.17, 15) is 4.39 Å². The van der Waals surface area contributed by atoms with E-state index in [1.807, 2.05) is 18.2 Å². The average molecular weight is 217 g/mol. The zero-order valence-corrected chi connectivity index (χ0v) is 8.60. The minimum absolute atomic E-state index is 0.221. The number of halogens is 1. The van der Waals surface area contributed by atoms with E-state index in [1.54, 1.807) is 18.3 Å². The molecule has 0 saturated carbocycles. The Balaban J connectivity index is 2.33. The molecule has 0 aliphatic rings. The van der Waals surface area contributed by atoms with Crippen molar-refractivity contribution in [1.82, 2.24) is 10.4 Å². The number of nitrogens with one attached hydrogen (secondary N) is 1. The third-order valence-electron chi connectivity index (χ3n) is 2.35. The summed E-state index contributed by atoms with van der Waals surface area (Å²) in [6, 6.07) is 11.6. The largest absolute Gasteiger partial charge is 0.271 e. The van der Waals surface area contributed by atoms with Crippen LogP contribution in [0.1, 0.15) is 17.3 Å². The number of hydrazine groups is 1. The molecule has 82 valence electrons. The molecule has 0 bridgehead atoms. The van der Waals surface area contributed by atoms with Gasteiger partial charge in [-0.3, -0.25) is 10.8 Å². The number of nitrogens with zero attached hydrogens (tertiary/aromatic N) is 1. The van der Waals surface area contributed by atoms with Crippen molar-refractivity contribution in [2.75, 3.05) is 0 Å². The minimum atomic E-state index is -0.263. The Kier molecular flexibility index (Phi) is 3.24. The van der Waals surface area contributed by atoms with Crippen LogP contribution < -0.4 is 11.3 Å². The normalized spacial score (nSPS) is 12.4. The van der Waals surface area contributed by atoms with Gasteiger partial charge in [0.1, 0.15) is 5.82 Å². The van der Waals surface area contributed by atoms with Crippen molar-refractivity contribution in [3.8, 4) is 0 Å². The molecule has 3 N–H and O–H groups in total. The third-order valence-corrected chi connectivity index (χ3v) is 2.35. The quantitative estimate of drug-likeness (QED) is 0.608. The van der Waals surface area contributed by atoms with Gasteiger partial charge in [0.25, 0.3) is 0 Å². The predicted octanol–water partition coefficient (Wildman–Crippen LogP) is 1.77. The zero-order valence-electron chi connectivity index (χ0n) is 8.60. The van der Waals surface area contributed by atoms with Gasteiger partial charge < -0.3 is 0 Å². The molecule has 2 rings (SSSR count). The average Bonchev–Trinajstić information content (AvgIpc) is 2.34. The SMILES string of the molecule is NNC(c1ccc(F)cc1)c1ccccn1. The lowest BCUT2D eigenvalue weighted by Gasteiger charge is -2.15. The molecule has 4 heteroatoms. The second-order valence-electron chi connectivity index (χ2n) is 3.41. The van der Waals surface area contributed by atoms with Crippen LogP contribution in [0.15, 0.2) is 48.7 Å². The van der Waals surface area contributed by atoms with E-state index in [4.69, 9.17) is 5.84 Å². The fourth-order valence-electron chi connectivity index (χ4n) is 1.55. The predicted molar refractivity (Wildman–Crippen MR) is 59.8 cm³/mol. The van der Waals surface area contributed by atoms with Gasteiger partial charge in [-0.2, -0.15) is 0 Å². The molecule has 0 saturated heterocycles. The molecule has 0 aliphatic heterocycles. The molecule has 0 amide bonds. The summed E-state index contributed by atoms with van der Waals surface area (Å²) in [5, 5.41) is 0. The first-order valence-electron chi connectivity index (χ1n) is 4.94. The van der Waals surface area contributed by atoms with E-state index < -0.39 is 0 Å². The summed E-state index contributed by atoms with van der Waals surface area (Å²) in [6.07, 6.45) is 1.70. The molecule has 0 spiro atoms. The molecule has 0 fully saturated rings. The summed E-state index contributed by atoms with van der Waals surface area (Å²) in [6.45, 7) is 0. The van der Waals surface area contributed by atoms with Crippen molar-refractivity contribution in [2.45, 2.75) is 6.04 Å². The smallest absolute Gasteiger partial charge is 0.123 e. The van der Waals surface area contributed by atoms with Gasteiger partial charge >= 0.3 is 0 Å². The molecule has 1 aromatic heterocycles. The third kappa shape index (κ3) is 2.24. The van der Waals surface area contributed by atoms with Gasteiger partial charge in [0.15, 0.2) is 0 Å². The highest BCUT2D eigenvalue weighted by molar-refractivity contribution is 5.27. The lowest BCUT2D eigenvalue weighted by atomic mass is 10.0. The van der Waals surface area contributed by atoms with Gasteiger partial charge in [0, 0.05) is 6.20 Å². The molecule has 0 aliphatic carbocycles. The molecule has 0 radical (unpaired) electrons. The summed E-state index contributed by atoms with van der Waals surface area (Å²) >= 11 is 0. The van der Waals surface area contributed by atoms with Gasteiger partial charge in [0.2, 0.25) is 0 Å². The Labute approximate surface area is 93.1 Å². The minimum Gasteiger partial charge on any atom is -0.271 e. The maximum Gasteiger partial charge on any atom is 0.123 e. The van der Waals surface area contributed by atoms with E-state index in [0.29, 0.717) is 0 Å². The molecule has 1 unspecified atom stereocenters. The summed E-state index contributed by atoms with van der Waals surface area (Å²) in [4.78, 5) is 4.21. The van der Waals surface area contributed by atoms with Crippen molar-refractivity contribution in [3.63, 3.8) is 0 Å². The van der Waals surface area contributed by atoms with Crippen molar-refractivity contribution in [1.29, 1.82) is 0 Å². The topological polar surface area (TPSA) is 50.9 Å². The Morgan fingerprint density at radius 3 is 2.44 bits per heavy atom. The van der Waals surface area contributed by atoms with Crippen molar-refractivity contribution in [2.24, 2.45) is 5.84 Å². The highest BCUT2D eigenvalue weighted by Crippen LogP contribution is 2.19. The van der Waals surface area contributed by atoms with Crippen LogP contribution in [-0.2, 0) is 0 Å². The highest BCUT2D eigenvalue weighted by atomic mass is 19.1. The van der Waals surface area contributed by atoms with E-state index in [-0.39, 0.29) is 11.9 Å². The van der Waals surface area contributed by atoms with Crippen LogP contribution >= 0.6 is 0 Å². The van der Waals surface area contributed by atoms with E-state index >= 15 is 0 Å². The molecule has 1 atom stereocenters. The fraction of sp³-hybridized carbons (Fsp3) is 0.0833. The number of aromatic nitrogens is 1. The lowest BCUT2D eigenvalue weighted by Crippen LogP contribution is -2.29. The molecule has 16 heavy (non-hydrogen) atoms. The van der Waals surface area contributed by atoms with Crippen molar-refractivity contribution >= 4 is 0 Å². The van der Waals surface area contributed by atoms with Crippen LogP contribution in [0.4, 0.5) is 4.39 Å². The Morgan fingerprint density at radius 2 is 1.88 bits per heavy atom. The Morgan fingerprint density at radius 1 is 1.12 bits per heavy atom. The number of nitrogens with two attached hydrogens (primary N) is 1. The van der Waals surface area contributed by atoms with Crippen LogP contribution in [0.5, 0.6) is 0 Å². The monoisotopic (exact) mass is 217 g/mol. The number of hydrogen-bond donors (Lipinski definition) is 2. The molecular weight excluding hydrogens is 205 g/mol. The number of hydrogen-bond acceptors (Lipinski definition) is 3. The maximum atomic E-state index is 12.8. The molecular formula is C12H12FN3. The van der Waals surface area contributed by atoms with Crippen LogP contribution in [0.25, 0.3) is 0 Å². The molecule has 2 aromatic rings. The molecule has 1 heterocycles. The van der Waals surface area contributed by atoms with Gasteiger partial charge in [-0.05, 0) is 29.8 Å². The zero-order chi connectivity index (χ0) is 11.4. The Hall–Kier alpha value is -1.78. The Bertz CT molecular complexity index is 442. The fourth-order valence-corrected chi connectivity index (χ4v) is 1.55. The van der Waals surface area contributed by atoms with Crippen LogP contribution in [0, 0.1) is 5.82 Å². The van der Waals surface area contributed by atoms with E-state index in [1.165, 1.54) is 12.1 Å². The molecule has 3 nitrogen and oxygen atoms in total. The van der Waals surface area contributed by atoms with Crippen LogP contribution in [0.2, 0.25) is 0 Å². The number of pyridine rings is 1. The first kappa shape index (κ1) is 10.7.